The number of rotatable bonds is 15. The van der Waals surface area contributed by atoms with Gasteiger partial charge in [0, 0.05) is 18.6 Å². The second-order valence-corrected chi connectivity index (χ2v) is 16.7. The molecule has 0 aromatic heterocycles. The van der Waals surface area contributed by atoms with Crippen LogP contribution in [0.1, 0.15) is 19.4 Å². The Morgan fingerprint density at radius 3 is 1.29 bits per heavy atom. The molecular weight excluding hydrogens is 836 g/mol. The fraction of sp³-hybridized carbons (Fsp3) is 0.816. The summed E-state index contributed by atoms with van der Waals surface area (Å²) < 4.78 is 50.5. The molecule has 22 unspecified atom stereocenters. The van der Waals surface area contributed by atoms with E-state index in [1.54, 1.807) is 24.3 Å². The van der Waals surface area contributed by atoms with Crippen LogP contribution in [0.15, 0.2) is 24.3 Å². The van der Waals surface area contributed by atoms with Crippen molar-refractivity contribution in [1.29, 1.82) is 0 Å². The van der Waals surface area contributed by atoms with Gasteiger partial charge < -0.3 is 115 Å². The summed E-state index contributed by atoms with van der Waals surface area (Å²) in [7, 11) is 1.22. The number of aliphatic hydroxyl groups is 12. The zero-order valence-corrected chi connectivity index (χ0v) is 34.1. The van der Waals surface area contributed by atoms with E-state index in [-0.39, 0.29) is 17.7 Å². The van der Waals surface area contributed by atoms with Crippen LogP contribution in [0.3, 0.4) is 0 Å². The van der Waals surface area contributed by atoms with Gasteiger partial charge in [0.25, 0.3) is 0 Å². The van der Waals surface area contributed by atoms with Gasteiger partial charge in [-0.1, -0.05) is 26.0 Å². The molecule has 0 aliphatic carbocycles. The maximum atomic E-state index is 12.1. The van der Waals surface area contributed by atoms with Gasteiger partial charge in [-0.2, -0.15) is 0 Å². The van der Waals surface area contributed by atoms with Crippen LogP contribution in [-0.4, -0.2) is 236 Å². The smallest absolute Gasteiger partial charge is 0.237 e. The van der Waals surface area contributed by atoms with E-state index < -0.39 is 161 Å². The van der Waals surface area contributed by atoms with Gasteiger partial charge >= 0.3 is 0 Å². The van der Waals surface area contributed by atoms with Crippen LogP contribution in [0, 0.1) is 5.41 Å². The molecule has 5 aliphatic rings. The van der Waals surface area contributed by atoms with Crippen molar-refractivity contribution in [3.63, 3.8) is 0 Å². The van der Waals surface area contributed by atoms with E-state index in [4.69, 9.17) is 48.4 Å². The van der Waals surface area contributed by atoms with E-state index in [9.17, 15) is 66.1 Å². The van der Waals surface area contributed by atoms with Gasteiger partial charge in [-0.05, 0) is 24.1 Å². The molecule has 15 N–H and O–H groups in total. The number of benzene rings is 1. The fourth-order valence-corrected chi connectivity index (χ4v) is 8.30. The van der Waals surface area contributed by atoms with Crippen molar-refractivity contribution < 1.29 is 109 Å². The Hall–Kier alpha value is -2.35. The van der Waals surface area contributed by atoms with Gasteiger partial charge in [-0.25, -0.2) is 0 Å². The summed E-state index contributed by atoms with van der Waals surface area (Å²) in [5.41, 5.74) is 6.40. The SMILES string of the molecule is COC1C(CO)OC(OC2C(CO)OC(OC3C(CO)OC(OC4C(CO)OC(Oc5ccc(CC6NC(=O)C(N)C6(C)C)cc5)C(O)C4O)C(O)C3O)C(O)C2O)C(O)C1O. The number of carbonyl (C=O) groups is 1. The number of nitrogens with one attached hydrogen (secondary N) is 1. The summed E-state index contributed by atoms with van der Waals surface area (Å²) >= 11 is 0. The average molecular weight is 897 g/mol. The van der Waals surface area contributed by atoms with E-state index in [2.05, 4.69) is 5.32 Å². The van der Waals surface area contributed by atoms with Crippen molar-refractivity contribution >= 4 is 5.91 Å². The highest BCUT2D eigenvalue weighted by Crippen LogP contribution is 2.36. The molecule has 24 nitrogen and oxygen atoms in total. The second kappa shape index (κ2) is 20.4. The topological polar surface area (TPSA) is 381 Å². The molecule has 62 heavy (non-hydrogen) atoms. The summed E-state index contributed by atoms with van der Waals surface area (Å²) in [6, 6.07) is 5.77. The third-order valence-corrected chi connectivity index (χ3v) is 12.3. The Morgan fingerprint density at radius 2 is 0.935 bits per heavy atom. The molecule has 24 heteroatoms. The third kappa shape index (κ3) is 9.76. The first-order valence-corrected chi connectivity index (χ1v) is 20.2. The van der Waals surface area contributed by atoms with Crippen LogP contribution in [0.5, 0.6) is 5.75 Å². The standard InChI is InChI=1S/C38H60N2O22/c1-38(2)19(40-33(53)32(38)39)8-13-4-6-14(7-5-13)55-34-25(50)21(46)29(16(10-42)57-34)61-36-27(52)23(48)31(18(12-44)59-36)62-37-26(51)22(47)30(17(11-43)58-37)60-35-24(49)20(45)28(54-3)15(9-41)56-35/h4-7,15-32,34-37,41-52H,8-12,39H2,1-3H3,(H,40,53). The molecule has 5 heterocycles. The lowest BCUT2D eigenvalue weighted by atomic mass is 9.79. The number of hydrogen-bond donors (Lipinski definition) is 14. The molecule has 5 fully saturated rings. The summed E-state index contributed by atoms with van der Waals surface area (Å²) in [5.74, 6) is -0.0133. The molecule has 22 atom stereocenters. The minimum Gasteiger partial charge on any atom is -0.462 e. The minimum absolute atomic E-state index is 0.219. The predicted octanol–water partition coefficient (Wildman–Crippen LogP) is -7.61. The van der Waals surface area contributed by atoms with Crippen LogP contribution in [-0.2, 0) is 49.1 Å². The Kier molecular flexibility index (Phi) is 16.2. The number of nitrogens with two attached hydrogens (primary N) is 1. The van der Waals surface area contributed by atoms with Crippen molar-refractivity contribution in [2.75, 3.05) is 33.5 Å². The molecule has 1 aromatic rings. The zero-order valence-electron chi connectivity index (χ0n) is 34.1. The van der Waals surface area contributed by atoms with E-state index in [0.29, 0.717) is 6.42 Å². The number of aliphatic hydroxyl groups excluding tert-OH is 12. The molecule has 0 saturated carbocycles. The maximum absolute atomic E-state index is 12.1. The van der Waals surface area contributed by atoms with Crippen LogP contribution in [0.4, 0.5) is 0 Å². The molecule has 0 spiro atoms. The lowest BCUT2D eigenvalue weighted by molar-refractivity contribution is -0.387. The summed E-state index contributed by atoms with van der Waals surface area (Å²) in [4.78, 5) is 12.1. The van der Waals surface area contributed by atoms with Gasteiger partial charge in [-0.15, -0.1) is 0 Å². The van der Waals surface area contributed by atoms with Crippen molar-refractivity contribution in [2.45, 2.75) is 155 Å². The predicted molar refractivity (Wildman–Crippen MR) is 201 cm³/mol. The van der Waals surface area contributed by atoms with Crippen molar-refractivity contribution in [2.24, 2.45) is 11.1 Å². The van der Waals surface area contributed by atoms with Gasteiger partial charge in [0.2, 0.25) is 12.2 Å². The van der Waals surface area contributed by atoms with Gasteiger partial charge in [-0.3, -0.25) is 4.79 Å². The first-order valence-electron chi connectivity index (χ1n) is 20.2. The normalized spacial score (nSPS) is 46.0. The Balaban J connectivity index is 1.05. The van der Waals surface area contributed by atoms with Crippen LogP contribution in [0.25, 0.3) is 0 Å². The third-order valence-electron chi connectivity index (χ3n) is 12.3. The molecule has 6 rings (SSSR count). The van der Waals surface area contributed by atoms with Crippen LogP contribution in [0.2, 0.25) is 0 Å². The van der Waals surface area contributed by atoms with Crippen molar-refractivity contribution in [3.05, 3.63) is 29.8 Å². The summed E-state index contributed by atoms with van der Waals surface area (Å²) in [6.07, 6.45) is -33.3. The molecule has 1 amide bonds. The maximum Gasteiger partial charge on any atom is 0.237 e. The molecule has 354 valence electrons. The number of hydrogen-bond acceptors (Lipinski definition) is 23. The molecule has 0 radical (unpaired) electrons. The number of ether oxygens (including phenoxy) is 9. The van der Waals surface area contributed by atoms with Gasteiger partial charge in [0.1, 0.15) is 103 Å². The monoisotopic (exact) mass is 896 g/mol. The van der Waals surface area contributed by atoms with E-state index in [1.165, 1.54) is 7.11 Å². The second-order valence-electron chi connectivity index (χ2n) is 16.7. The van der Waals surface area contributed by atoms with Gasteiger partial charge in [0.05, 0.1) is 32.5 Å². The van der Waals surface area contributed by atoms with Gasteiger partial charge in [0.15, 0.2) is 18.9 Å². The van der Waals surface area contributed by atoms with E-state index in [0.717, 1.165) is 5.56 Å². The first kappa shape index (κ1) is 49.1. The largest absolute Gasteiger partial charge is 0.462 e. The Labute approximate surface area is 355 Å². The summed E-state index contributed by atoms with van der Waals surface area (Å²) in [6.45, 7) is 0.558. The lowest BCUT2D eigenvalue weighted by Crippen LogP contribution is -2.67. The Morgan fingerprint density at radius 1 is 0.581 bits per heavy atom. The minimum atomic E-state index is -2.03. The number of methoxy groups -OCH3 is 1. The average Bonchev–Trinajstić information content (AvgIpc) is 3.45. The van der Waals surface area contributed by atoms with E-state index in [1.807, 2.05) is 13.8 Å². The lowest BCUT2D eigenvalue weighted by Gasteiger charge is -2.49. The van der Waals surface area contributed by atoms with Crippen molar-refractivity contribution in [1.82, 2.24) is 5.32 Å². The van der Waals surface area contributed by atoms with Crippen LogP contribution >= 0.6 is 0 Å². The molecule has 0 bridgehead atoms. The Bertz CT molecular complexity index is 1590. The molecule has 5 saturated heterocycles. The quantitative estimate of drug-likeness (QED) is 0.0777. The van der Waals surface area contributed by atoms with Crippen LogP contribution < -0.4 is 15.8 Å². The number of carbonyl (C=O) groups excluding carboxylic acids is 1. The fourth-order valence-electron chi connectivity index (χ4n) is 8.30. The molecule has 5 aliphatic heterocycles. The van der Waals surface area contributed by atoms with Crippen molar-refractivity contribution in [3.8, 4) is 5.75 Å². The highest BCUT2D eigenvalue weighted by molar-refractivity contribution is 5.85. The molecule has 1 aromatic carbocycles. The molecular formula is C38H60N2O22. The highest BCUT2D eigenvalue weighted by Gasteiger charge is 2.55. The highest BCUT2D eigenvalue weighted by atomic mass is 16.8. The number of amides is 1. The summed E-state index contributed by atoms with van der Waals surface area (Å²) in [5, 5.41) is 131. The first-order chi connectivity index (χ1) is 29.4. The zero-order chi connectivity index (χ0) is 45.4. The van der Waals surface area contributed by atoms with E-state index >= 15 is 0 Å².